The number of carbonyl (C=O) groups excluding carboxylic acids is 1. The SMILES string of the molecule is CCc1nsc(N2CCN(C(=O)[C@@H](N)CC)CC2)n1.Cl.Cl. The van der Waals surface area contributed by atoms with Gasteiger partial charge in [-0.1, -0.05) is 13.8 Å². The van der Waals surface area contributed by atoms with Gasteiger partial charge in [0.2, 0.25) is 11.0 Å². The summed E-state index contributed by atoms with van der Waals surface area (Å²) in [6.45, 7) is 7.03. The first kappa shape index (κ1) is 20.4. The Hall–Kier alpha value is -0.630. The van der Waals surface area contributed by atoms with Gasteiger partial charge in [0, 0.05) is 44.1 Å². The first-order chi connectivity index (χ1) is 9.15. The molecule has 0 spiro atoms. The molecule has 1 aromatic heterocycles. The number of rotatable bonds is 4. The van der Waals surface area contributed by atoms with Crippen LogP contribution >= 0.6 is 36.3 Å². The largest absolute Gasteiger partial charge is 0.343 e. The van der Waals surface area contributed by atoms with Crippen LogP contribution < -0.4 is 10.6 Å². The average Bonchev–Trinajstić information content (AvgIpc) is 2.94. The molecule has 2 N–H and O–H groups in total. The van der Waals surface area contributed by atoms with E-state index in [2.05, 4.69) is 21.2 Å². The van der Waals surface area contributed by atoms with Crippen molar-refractivity contribution < 1.29 is 4.79 Å². The lowest BCUT2D eigenvalue weighted by Crippen LogP contribution is -2.53. The summed E-state index contributed by atoms with van der Waals surface area (Å²) in [6, 6.07) is -0.361. The molecule has 0 aliphatic carbocycles. The minimum absolute atomic E-state index is 0. The van der Waals surface area contributed by atoms with Gasteiger partial charge in [-0.15, -0.1) is 24.8 Å². The topological polar surface area (TPSA) is 75.4 Å². The molecule has 122 valence electrons. The van der Waals surface area contributed by atoms with Crippen LogP contribution in [0.3, 0.4) is 0 Å². The van der Waals surface area contributed by atoms with Crippen LogP contribution in [0, 0.1) is 0 Å². The molecule has 21 heavy (non-hydrogen) atoms. The number of nitrogens with zero attached hydrogens (tertiary/aromatic N) is 4. The Morgan fingerprint density at radius 2 is 1.90 bits per heavy atom. The number of aromatic nitrogens is 2. The number of aryl methyl sites for hydroxylation is 1. The predicted octanol–water partition coefficient (Wildman–Crippen LogP) is 1.33. The molecule has 1 fully saturated rings. The molecule has 2 heterocycles. The number of hydrogen-bond acceptors (Lipinski definition) is 6. The standard InChI is InChI=1S/C12H21N5OS.2ClH/c1-3-9(13)11(18)16-5-7-17(8-6-16)12-14-10(4-2)15-19-12;;/h9H,3-8,13H2,1-2H3;2*1H/t9-;;/m0../s1. The van der Waals surface area contributed by atoms with Gasteiger partial charge in [0.15, 0.2) is 0 Å². The van der Waals surface area contributed by atoms with Crippen molar-refractivity contribution in [3.05, 3.63) is 5.82 Å². The van der Waals surface area contributed by atoms with Gasteiger partial charge in [-0.3, -0.25) is 4.79 Å². The second kappa shape index (κ2) is 9.40. The van der Waals surface area contributed by atoms with Crippen molar-refractivity contribution >= 4 is 47.4 Å². The van der Waals surface area contributed by atoms with Gasteiger partial charge in [0.25, 0.3) is 0 Å². The third kappa shape index (κ3) is 4.95. The van der Waals surface area contributed by atoms with E-state index in [-0.39, 0.29) is 36.8 Å². The zero-order valence-electron chi connectivity index (χ0n) is 12.3. The molecule has 1 atom stereocenters. The summed E-state index contributed by atoms with van der Waals surface area (Å²) in [5.74, 6) is 0.958. The molecule has 1 aliphatic heterocycles. The molecule has 1 aromatic rings. The zero-order chi connectivity index (χ0) is 13.8. The van der Waals surface area contributed by atoms with Gasteiger partial charge in [-0.2, -0.15) is 4.37 Å². The van der Waals surface area contributed by atoms with E-state index in [1.54, 1.807) is 0 Å². The molecule has 6 nitrogen and oxygen atoms in total. The van der Waals surface area contributed by atoms with Crippen LogP contribution in [-0.2, 0) is 11.2 Å². The smallest absolute Gasteiger partial charge is 0.239 e. The van der Waals surface area contributed by atoms with Crippen LogP contribution in [0.5, 0.6) is 0 Å². The van der Waals surface area contributed by atoms with E-state index in [0.717, 1.165) is 30.5 Å². The van der Waals surface area contributed by atoms with Crippen molar-refractivity contribution in [2.24, 2.45) is 5.73 Å². The normalized spacial score (nSPS) is 16.0. The summed E-state index contributed by atoms with van der Waals surface area (Å²) < 4.78 is 4.29. The second-order valence-electron chi connectivity index (χ2n) is 4.67. The van der Waals surface area contributed by atoms with E-state index in [1.165, 1.54) is 11.5 Å². The number of nitrogens with two attached hydrogens (primary N) is 1. The monoisotopic (exact) mass is 355 g/mol. The fourth-order valence-electron chi connectivity index (χ4n) is 2.04. The highest BCUT2D eigenvalue weighted by Gasteiger charge is 2.25. The van der Waals surface area contributed by atoms with Crippen LogP contribution in [0.25, 0.3) is 0 Å². The summed E-state index contributed by atoms with van der Waals surface area (Å²) in [4.78, 5) is 20.5. The van der Waals surface area contributed by atoms with Gasteiger partial charge in [0.05, 0.1) is 6.04 Å². The second-order valence-corrected chi connectivity index (χ2v) is 5.40. The third-order valence-electron chi connectivity index (χ3n) is 3.39. The maximum Gasteiger partial charge on any atom is 0.239 e. The van der Waals surface area contributed by atoms with Crippen LogP contribution in [-0.4, -0.2) is 52.4 Å². The molecule has 1 amide bonds. The predicted molar refractivity (Wildman–Crippen MR) is 90.8 cm³/mol. The first-order valence-electron chi connectivity index (χ1n) is 6.77. The van der Waals surface area contributed by atoms with Gasteiger partial charge in [-0.25, -0.2) is 4.98 Å². The van der Waals surface area contributed by atoms with Crippen molar-refractivity contribution in [1.82, 2.24) is 14.3 Å². The molecule has 2 rings (SSSR count). The fraction of sp³-hybridized carbons (Fsp3) is 0.750. The van der Waals surface area contributed by atoms with Crippen molar-refractivity contribution in [3.63, 3.8) is 0 Å². The molecule has 1 saturated heterocycles. The third-order valence-corrected chi connectivity index (χ3v) is 4.21. The first-order valence-corrected chi connectivity index (χ1v) is 7.55. The summed E-state index contributed by atoms with van der Waals surface area (Å²) in [5, 5.41) is 0.962. The lowest BCUT2D eigenvalue weighted by molar-refractivity contribution is -0.132. The number of anilines is 1. The number of carbonyl (C=O) groups is 1. The summed E-state index contributed by atoms with van der Waals surface area (Å²) in [7, 11) is 0. The van der Waals surface area contributed by atoms with Gasteiger partial charge in [-0.05, 0) is 6.42 Å². The van der Waals surface area contributed by atoms with Crippen LogP contribution in [0.4, 0.5) is 5.13 Å². The van der Waals surface area contributed by atoms with Crippen LogP contribution in [0.1, 0.15) is 26.1 Å². The van der Waals surface area contributed by atoms with E-state index < -0.39 is 0 Å². The van der Waals surface area contributed by atoms with Crippen molar-refractivity contribution in [2.75, 3.05) is 31.1 Å². The highest BCUT2D eigenvalue weighted by molar-refractivity contribution is 7.09. The summed E-state index contributed by atoms with van der Waals surface area (Å²) in [6.07, 6.45) is 1.55. The molecule has 0 saturated carbocycles. The fourth-order valence-corrected chi connectivity index (χ4v) is 2.85. The maximum absolute atomic E-state index is 12.0. The number of halogens is 2. The molecule has 1 aliphatic rings. The van der Waals surface area contributed by atoms with Crippen molar-refractivity contribution in [2.45, 2.75) is 32.7 Å². The Kier molecular flexibility index (Phi) is 9.12. The Morgan fingerprint density at radius 1 is 1.29 bits per heavy atom. The Morgan fingerprint density at radius 3 is 2.38 bits per heavy atom. The van der Waals surface area contributed by atoms with E-state index in [1.807, 2.05) is 11.8 Å². The van der Waals surface area contributed by atoms with E-state index in [0.29, 0.717) is 19.5 Å². The van der Waals surface area contributed by atoms with Gasteiger partial charge < -0.3 is 15.5 Å². The minimum atomic E-state index is -0.361. The molecule has 0 bridgehead atoms. The van der Waals surface area contributed by atoms with Crippen molar-refractivity contribution in [1.29, 1.82) is 0 Å². The number of hydrogen-bond donors (Lipinski definition) is 1. The summed E-state index contributed by atoms with van der Waals surface area (Å²) >= 11 is 1.44. The van der Waals surface area contributed by atoms with Gasteiger partial charge >= 0.3 is 0 Å². The molecule has 0 radical (unpaired) electrons. The molecule has 0 aromatic carbocycles. The summed E-state index contributed by atoms with van der Waals surface area (Å²) in [5.41, 5.74) is 5.79. The number of piperazine rings is 1. The Balaban J connectivity index is 0.00000200. The minimum Gasteiger partial charge on any atom is -0.343 e. The number of amides is 1. The van der Waals surface area contributed by atoms with E-state index in [9.17, 15) is 4.79 Å². The molecular weight excluding hydrogens is 333 g/mol. The van der Waals surface area contributed by atoms with Crippen molar-refractivity contribution in [3.8, 4) is 0 Å². The lowest BCUT2D eigenvalue weighted by Gasteiger charge is -2.35. The van der Waals surface area contributed by atoms with Crippen LogP contribution in [0.15, 0.2) is 0 Å². The molecule has 0 unspecified atom stereocenters. The zero-order valence-corrected chi connectivity index (χ0v) is 14.8. The van der Waals surface area contributed by atoms with E-state index >= 15 is 0 Å². The maximum atomic E-state index is 12.0. The quantitative estimate of drug-likeness (QED) is 0.881. The van der Waals surface area contributed by atoms with E-state index in [4.69, 9.17) is 5.73 Å². The average molecular weight is 356 g/mol. The molecular formula is C12H23Cl2N5OS. The highest BCUT2D eigenvalue weighted by Crippen LogP contribution is 2.19. The van der Waals surface area contributed by atoms with Gasteiger partial charge in [0.1, 0.15) is 5.82 Å². The highest BCUT2D eigenvalue weighted by atomic mass is 35.5. The Labute approximate surface area is 142 Å². The lowest BCUT2D eigenvalue weighted by atomic mass is 10.2. The molecule has 9 heteroatoms. The van der Waals surface area contributed by atoms with Crippen LogP contribution in [0.2, 0.25) is 0 Å². The Bertz CT molecular complexity index is 437.